The minimum Gasteiger partial charge on any atom is -0.476 e. The molecule has 2 rings (SSSR count). The Kier molecular flexibility index (Phi) is 3.09. The van der Waals surface area contributed by atoms with Gasteiger partial charge in [0.15, 0.2) is 5.69 Å². The highest BCUT2D eigenvalue weighted by Gasteiger charge is 2.26. The summed E-state index contributed by atoms with van der Waals surface area (Å²) in [5, 5.41) is 15.4. The fourth-order valence-electron chi connectivity index (χ4n) is 1.52. The summed E-state index contributed by atoms with van der Waals surface area (Å²) in [6.07, 6.45) is -2.97. The molecule has 96 valence electrons. The van der Waals surface area contributed by atoms with Gasteiger partial charge in [0.2, 0.25) is 0 Å². The maximum absolute atomic E-state index is 12.8. The number of carbonyl (C=O) groups is 1. The van der Waals surface area contributed by atoms with Gasteiger partial charge in [0.1, 0.15) is 23.8 Å². The summed E-state index contributed by atoms with van der Waals surface area (Å²) in [5.41, 5.74) is -1.47. The van der Waals surface area contributed by atoms with E-state index in [1.807, 2.05) is 0 Å². The Hall–Kier alpha value is -2.25. The number of aryl methyl sites for hydroxylation is 1. The van der Waals surface area contributed by atoms with Crippen LogP contribution in [0.2, 0.25) is 0 Å². The Balaban J connectivity index is 2.36. The Bertz CT molecular complexity index is 577. The van der Waals surface area contributed by atoms with Gasteiger partial charge < -0.3 is 9.52 Å². The lowest BCUT2D eigenvalue weighted by molar-refractivity contribution is 0.0675. The number of carboxylic acid groups (broad SMARTS) is 1. The maximum Gasteiger partial charge on any atom is 0.358 e. The van der Waals surface area contributed by atoms with Crippen LogP contribution in [0.15, 0.2) is 16.5 Å². The van der Waals surface area contributed by atoms with E-state index in [1.54, 1.807) is 19.1 Å². The Morgan fingerprint density at radius 3 is 2.78 bits per heavy atom. The molecule has 2 aromatic heterocycles. The highest BCUT2D eigenvalue weighted by Crippen LogP contribution is 2.22. The third-order valence-corrected chi connectivity index (χ3v) is 2.28. The molecule has 0 fully saturated rings. The van der Waals surface area contributed by atoms with Gasteiger partial charge in [-0.25, -0.2) is 18.3 Å². The van der Waals surface area contributed by atoms with Crippen LogP contribution in [0.5, 0.6) is 0 Å². The molecule has 0 radical (unpaired) electrons. The zero-order chi connectivity index (χ0) is 13.3. The summed E-state index contributed by atoms with van der Waals surface area (Å²) >= 11 is 0. The monoisotopic (exact) mass is 257 g/mol. The number of rotatable bonds is 4. The quantitative estimate of drug-likeness (QED) is 0.904. The van der Waals surface area contributed by atoms with Gasteiger partial charge in [0, 0.05) is 0 Å². The molecule has 8 heteroatoms. The molecule has 0 atom stereocenters. The second-order valence-electron chi connectivity index (χ2n) is 3.60. The van der Waals surface area contributed by atoms with Gasteiger partial charge in [-0.2, -0.15) is 0 Å². The lowest BCUT2D eigenvalue weighted by Crippen LogP contribution is -2.09. The van der Waals surface area contributed by atoms with Crippen molar-refractivity contribution in [3.8, 4) is 0 Å². The molecule has 0 aliphatic carbocycles. The molecule has 0 saturated heterocycles. The van der Waals surface area contributed by atoms with E-state index in [2.05, 4.69) is 10.3 Å². The van der Waals surface area contributed by atoms with Crippen molar-refractivity contribution < 1.29 is 23.1 Å². The summed E-state index contributed by atoms with van der Waals surface area (Å²) < 4.78 is 31.6. The average molecular weight is 257 g/mol. The van der Waals surface area contributed by atoms with Crippen LogP contribution in [0.25, 0.3) is 0 Å². The van der Waals surface area contributed by atoms with Crippen LogP contribution in [-0.2, 0) is 6.54 Å². The van der Waals surface area contributed by atoms with Crippen molar-refractivity contribution in [2.24, 2.45) is 0 Å². The molecule has 0 aliphatic heterocycles. The fourth-order valence-corrected chi connectivity index (χ4v) is 1.52. The van der Waals surface area contributed by atoms with Crippen molar-refractivity contribution in [3.05, 3.63) is 35.0 Å². The van der Waals surface area contributed by atoms with Crippen molar-refractivity contribution in [1.29, 1.82) is 0 Å². The molecule has 6 nitrogen and oxygen atoms in total. The molecule has 2 aromatic rings. The molecule has 0 aliphatic rings. The van der Waals surface area contributed by atoms with Crippen LogP contribution in [0.3, 0.4) is 0 Å². The van der Waals surface area contributed by atoms with Crippen LogP contribution >= 0.6 is 0 Å². The number of carboxylic acids is 1. The van der Waals surface area contributed by atoms with Crippen molar-refractivity contribution in [2.45, 2.75) is 19.9 Å². The zero-order valence-corrected chi connectivity index (χ0v) is 9.30. The molecular weight excluding hydrogens is 248 g/mol. The van der Waals surface area contributed by atoms with Gasteiger partial charge in [-0.1, -0.05) is 5.21 Å². The van der Waals surface area contributed by atoms with Crippen LogP contribution < -0.4 is 0 Å². The summed E-state index contributed by atoms with van der Waals surface area (Å²) in [6, 6.07) is 3.28. The lowest BCUT2D eigenvalue weighted by Gasteiger charge is -2.03. The smallest absolute Gasteiger partial charge is 0.358 e. The summed E-state index contributed by atoms with van der Waals surface area (Å²) in [4.78, 5) is 10.7. The molecular formula is C10H9F2N3O3. The third kappa shape index (κ3) is 2.22. The van der Waals surface area contributed by atoms with E-state index < -0.39 is 23.8 Å². The SMILES string of the molecule is Cc1ccc(Cn2nnc(C(=O)O)c2C(F)F)o1. The highest BCUT2D eigenvalue weighted by molar-refractivity contribution is 5.86. The number of hydrogen-bond donors (Lipinski definition) is 1. The highest BCUT2D eigenvalue weighted by atomic mass is 19.3. The van der Waals surface area contributed by atoms with Gasteiger partial charge in [-0.15, -0.1) is 5.10 Å². The number of hydrogen-bond acceptors (Lipinski definition) is 4. The van der Waals surface area contributed by atoms with Crippen molar-refractivity contribution in [1.82, 2.24) is 15.0 Å². The van der Waals surface area contributed by atoms with E-state index in [0.717, 1.165) is 4.68 Å². The number of aromatic nitrogens is 3. The lowest BCUT2D eigenvalue weighted by atomic mass is 10.3. The first-order valence-corrected chi connectivity index (χ1v) is 4.99. The Morgan fingerprint density at radius 2 is 2.28 bits per heavy atom. The number of aromatic carboxylic acids is 1. The van der Waals surface area contributed by atoms with Gasteiger partial charge in [0.25, 0.3) is 6.43 Å². The summed E-state index contributed by atoms with van der Waals surface area (Å²) in [7, 11) is 0. The largest absolute Gasteiger partial charge is 0.476 e. The number of alkyl halides is 2. The van der Waals surface area contributed by atoms with Crippen molar-refractivity contribution in [2.75, 3.05) is 0 Å². The van der Waals surface area contributed by atoms with Gasteiger partial charge in [-0.3, -0.25) is 0 Å². The molecule has 2 heterocycles. The summed E-state index contributed by atoms with van der Waals surface area (Å²) in [6.45, 7) is 1.62. The predicted molar refractivity (Wildman–Crippen MR) is 54.5 cm³/mol. The Morgan fingerprint density at radius 1 is 1.56 bits per heavy atom. The molecule has 1 N–H and O–H groups in total. The van der Waals surface area contributed by atoms with E-state index in [-0.39, 0.29) is 6.54 Å². The van der Waals surface area contributed by atoms with Crippen LogP contribution in [0.1, 0.15) is 34.1 Å². The van der Waals surface area contributed by atoms with E-state index in [1.165, 1.54) is 0 Å². The number of nitrogens with zero attached hydrogens (tertiary/aromatic N) is 3. The first-order valence-electron chi connectivity index (χ1n) is 4.99. The molecule has 0 aromatic carbocycles. The maximum atomic E-state index is 12.8. The second kappa shape index (κ2) is 4.55. The minimum absolute atomic E-state index is 0.0895. The first kappa shape index (κ1) is 12.2. The van der Waals surface area contributed by atoms with Crippen LogP contribution in [-0.4, -0.2) is 26.1 Å². The van der Waals surface area contributed by atoms with Crippen LogP contribution in [0, 0.1) is 6.92 Å². The molecule has 0 unspecified atom stereocenters. The van der Waals surface area contributed by atoms with E-state index in [4.69, 9.17) is 9.52 Å². The van der Waals surface area contributed by atoms with Gasteiger partial charge >= 0.3 is 5.97 Å². The first-order chi connectivity index (χ1) is 8.49. The average Bonchev–Trinajstić information content (AvgIpc) is 2.85. The minimum atomic E-state index is -2.97. The van der Waals surface area contributed by atoms with Gasteiger partial charge in [0.05, 0.1) is 0 Å². The topological polar surface area (TPSA) is 81.2 Å². The van der Waals surface area contributed by atoms with Gasteiger partial charge in [-0.05, 0) is 19.1 Å². The molecule has 0 amide bonds. The van der Waals surface area contributed by atoms with E-state index in [0.29, 0.717) is 11.5 Å². The third-order valence-electron chi connectivity index (χ3n) is 2.28. The zero-order valence-electron chi connectivity index (χ0n) is 9.30. The Labute approximate surface area is 99.8 Å². The molecule has 0 bridgehead atoms. The molecule has 0 spiro atoms. The number of furan rings is 1. The fraction of sp³-hybridized carbons (Fsp3) is 0.300. The van der Waals surface area contributed by atoms with E-state index in [9.17, 15) is 13.6 Å². The van der Waals surface area contributed by atoms with E-state index >= 15 is 0 Å². The predicted octanol–water partition coefficient (Wildman–Crippen LogP) is 1.86. The number of halogens is 2. The van der Waals surface area contributed by atoms with Crippen LogP contribution in [0.4, 0.5) is 8.78 Å². The normalized spacial score (nSPS) is 11.1. The molecule has 0 saturated carbocycles. The molecule has 18 heavy (non-hydrogen) atoms. The van der Waals surface area contributed by atoms with Crippen molar-refractivity contribution >= 4 is 5.97 Å². The van der Waals surface area contributed by atoms with Crippen molar-refractivity contribution in [3.63, 3.8) is 0 Å². The standard InChI is InChI=1S/C10H9F2N3O3/c1-5-2-3-6(18-5)4-15-8(9(11)12)7(10(16)17)13-14-15/h2-3,9H,4H2,1H3,(H,16,17). The second-order valence-corrected chi connectivity index (χ2v) is 3.60. The summed E-state index contributed by atoms with van der Waals surface area (Å²) in [5.74, 6) is -0.509.